The summed E-state index contributed by atoms with van der Waals surface area (Å²) in [5.74, 6) is -0.0953. The van der Waals surface area contributed by atoms with Crippen molar-refractivity contribution >= 4 is 28.6 Å². The minimum Gasteiger partial charge on any atom is -0.469 e. The second kappa shape index (κ2) is 5.48. The van der Waals surface area contributed by atoms with Crippen molar-refractivity contribution in [1.82, 2.24) is 4.98 Å². The van der Waals surface area contributed by atoms with Crippen molar-refractivity contribution in [1.29, 1.82) is 0 Å². The van der Waals surface area contributed by atoms with Gasteiger partial charge in [0.25, 0.3) is 0 Å². The number of amides is 1. The molecule has 0 unspecified atom stereocenters. The second-order valence-electron chi connectivity index (χ2n) is 4.12. The zero-order chi connectivity index (χ0) is 13.8. The Morgan fingerprint density at radius 1 is 1.32 bits per heavy atom. The van der Waals surface area contributed by atoms with E-state index in [4.69, 9.17) is 0 Å². The van der Waals surface area contributed by atoms with E-state index in [0.29, 0.717) is 5.82 Å². The number of esters is 1. The van der Waals surface area contributed by atoms with Crippen LogP contribution < -0.4 is 5.32 Å². The lowest BCUT2D eigenvalue weighted by Crippen LogP contribution is -2.10. The van der Waals surface area contributed by atoms with Crippen LogP contribution in [0.4, 0.5) is 5.82 Å². The lowest BCUT2D eigenvalue weighted by molar-refractivity contribution is -0.139. The molecule has 0 atom stereocenters. The molecule has 19 heavy (non-hydrogen) atoms. The maximum absolute atomic E-state index is 11.4. The fourth-order valence-corrected chi connectivity index (χ4v) is 1.87. The summed E-state index contributed by atoms with van der Waals surface area (Å²) in [6.07, 6.45) is 0.145. The fourth-order valence-electron chi connectivity index (χ4n) is 1.87. The van der Waals surface area contributed by atoms with Gasteiger partial charge in [0.2, 0.25) is 5.91 Å². The Morgan fingerprint density at radius 3 is 2.74 bits per heavy atom. The quantitative estimate of drug-likeness (QED) is 0.854. The molecule has 1 aromatic carbocycles. The molecular formula is C14H14N2O3. The molecule has 0 aliphatic rings. The van der Waals surface area contributed by atoms with Crippen LogP contribution in [0.2, 0.25) is 0 Å². The highest BCUT2D eigenvalue weighted by molar-refractivity contribution is 5.92. The van der Waals surface area contributed by atoms with Gasteiger partial charge < -0.3 is 10.1 Å². The molecule has 0 saturated heterocycles. The van der Waals surface area contributed by atoms with Gasteiger partial charge >= 0.3 is 5.97 Å². The highest BCUT2D eigenvalue weighted by Crippen LogP contribution is 2.21. The molecule has 1 N–H and O–H groups in total. The van der Waals surface area contributed by atoms with E-state index in [1.54, 1.807) is 6.07 Å². The number of rotatable bonds is 3. The number of benzene rings is 1. The molecule has 0 radical (unpaired) electrons. The van der Waals surface area contributed by atoms with Gasteiger partial charge in [-0.05, 0) is 17.7 Å². The molecule has 98 valence electrons. The van der Waals surface area contributed by atoms with Crippen LogP contribution in [-0.2, 0) is 20.7 Å². The number of nitrogens with one attached hydrogen (secondary N) is 1. The fraction of sp³-hybridized carbons (Fsp3) is 0.214. The topological polar surface area (TPSA) is 68.3 Å². The smallest absolute Gasteiger partial charge is 0.310 e. The molecule has 0 saturated carbocycles. The summed E-state index contributed by atoms with van der Waals surface area (Å²) in [5, 5.41) is 3.50. The predicted octanol–water partition coefficient (Wildman–Crippen LogP) is 1.91. The number of ether oxygens (including phenoxy) is 1. The van der Waals surface area contributed by atoms with Crippen LogP contribution in [0.5, 0.6) is 0 Å². The number of fused-ring (bicyclic) bond motifs is 1. The molecule has 0 spiro atoms. The average Bonchev–Trinajstić information content (AvgIpc) is 2.37. The first kappa shape index (κ1) is 13.0. The number of nitrogens with zero attached hydrogens (tertiary/aromatic N) is 1. The van der Waals surface area contributed by atoms with Gasteiger partial charge in [0.1, 0.15) is 5.82 Å². The van der Waals surface area contributed by atoms with Crippen molar-refractivity contribution < 1.29 is 14.3 Å². The highest BCUT2D eigenvalue weighted by atomic mass is 16.5. The van der Waals surface area contributed by atoms with E-state index in [9.17, 15) is 9.59 Å². The molecule has 1 heterocycles. The minimum atomic E-state index is -0.329. The standard InChI is InChI=1S/C14H14N2O3/c1-9(17)15-13-7-10(8-14(18)19-2)11-5-3-4-6-12(11)16-13/h3-7H,8H2,1-2H3,(H,15,16,17). The van der Waals surface area contributed by atoms with Gasteiger partial charge in [-0.1, -0.05) is 18.2 Å². The number of hydrogen-bond acceptors (Lipinski definition) is 4. The first-order valence-corrected chi connectivity index (χ1v) is 5.83. The SMILES string of the molecule is COC(=O)Cc1cc(NC(C)=O)nc2ccccc12. The molecule has 5 nitrogen and oxygen atoms in total. The highest BCUT2D eigenvalue weighted by Gasteiger charge is 2.10. The van der Waals surface area contributed by atoms with Crippen LogP contribution in [0, 0.1) is 0 Å². The summed E-state index contributed by atoms with van der Waals surface area (Å²) in [6, 6.07) is 9.15. The number of carbonyl (C=O) groups is 2. The predicted molar refractivity (Wildman–Crippen MR) is 71.8 cm³/mol. The van der Waals surface area contributed by atoms with Gasteiger partial charge in [0.05, 0.1) is 19.0 Å². The molecule has 0 aliphatic heterocycles. The zero-order valence-electron chi connectivity index (χ0n) is 10.8. The Bertz CT molecular complexity index is 638. The Labute approximate surface area is 110 Å². The summed E-state index contributed by atoms with van der Waals surface area (Å²) in [5.41, 5.74) is 1.51. The normalized spacial score (nSPS) is 10.2. The number of aromatic nitrogens is 1. The number of methoxy groups -OCH3 is 1. The van der Waals surface area contributed by atoms with Crippen molar-refractivity contribution in [3.05, 3.63) is 35.9 Å². The molecule has 0 fully saturated rings. The summed E-state index contributed by atoms with van der Waals surface area (Å²) >= 11 is 0. The lowest BCUT2D eigenvalue weighted by Gasteiger charge is -2.09. The zero-order valence-corrected chi connectivity index (χ0v) is 10.8. The number of carbonyl (C=O) groups excluding carboxylic acids is 2. The molecule has 5 heteroatoms. The van der Waals surface area contributed by atoms with E-state index < -0.39 is 0 Å². The van der Waals surface area contributed by atoms with Gasteiger partial charge in [-0.25, -0.2) is 4.98 Å². The van der Waals surface area contributed by atoms with Crippen LogP contribution in [0.1, 0.15) is 12.5 Å². The van der Waals surface area contributed by atoms with Crippen LogP contribution in [-0.4, -0.2) is 24.0 Å². The molecule has 2 rings (SSSR count). The summed E-state index contributed by atoms with van der Waals surface area (Å²) in [6.45, 7) is 1.41. The summed E-state index contributed by atoms with van der Waals surface area (Å²) < 4.78 is 4.68. The van der Waals surface area contributed by atoms with Gasteiger partial charge in [0.15, 0.2) is 0 Å². The molecule has 1 aromatic heterocycles. The third-order valence-electron chi connectivity index (χ3n) is 2.67. The van der Waals surface area contributed by atoms with E-state index in [0.717, 1.165) is 16.5 Å². The van der Waals surface area contributed by atoms with Gasteiger partial charge in [0, 0.05) is 12.3 Å². The molecule has 0 aliphatic carbocycles. The van der Waals surface area contributed by atoms with Gasteiger partial charge in [-0.15, -0.1) is 0 Å². The number of pyridine rings is 1. The van der Waals surface area contributed by atoms with Crippen molar-refractivity contribution in [2.24, 2.45) is 0 Å². The van der Waals surface area contributed by atoms with E-state index >= 15 is 0 Å². The number of anilines is 1. The van der Waals surface area contributed by atoms with Crippen LogP contribution in [0.3, 0.4) is 0 Å². The molecular weight excluding hydrogens is 244 g/mol. The van der Waals surface area contributed by atoms with E-state index in [1.807, 2.05) is 24.3 Å². The summed E-state index contributed by atoms with van der Waals surface area (Å²) in [7, 11) is 1.35. The Morgan fingerprint density at radius 2 is 2.05 bits per heavy atom. The Balaban J connectivity index is 2.51. The number of hydrogen-bond donors (Lipinski definition) is 1. The third kappa shape index (κ3) is 3.07. The van der Waals surface area contributed by atoms with Gasteiger partial charge in [-0.3, -0.25) is 9.59 Å². The Hall–Kier alpha value is -2.43. The van der Waals surface area contributed by atoms with E-state index in [-0.39, 0.29) is 18.3 Å². The second-order valence-corrected chi connectivity index (χ2v) is 4.12. The van der Waals surface area contributed by atoms with E-state index in [1.165, 1.54) is 14.0 Å². The lowest BCUT2D eigenvalue weighted by atomic mass is 10.1. The van der Waals surface area contributed by atoms with Crippen molar-refractivity contribution in [2.45, 2.75) is 13.3 Å². The van der Waals surface area contributed by atoms with E-state index in [2.05, 4.69) is 15.0 Å². The van der Waals surface area contributed by atoms with Crippen molar-refractivity contribution in [3.63, 3.8) is 0 Å². The number of para-hydroxylation sites is 1. The first-order chi connectivity index (χ1) is 9.10. The van der Waals surface area contributed by atoms with Crippen LogP contribution >= 0.6 is 0 Å². The Kier molecular flexibility index (Phi) is 3.75. The largest absolute Gasteiger partial charge is 0.469 e. The van der Waals surface area contributed by atoms with Crippen LogP contribution in [0.25, 0.3) is 10.9 Å². The first-order valence-electron chi connectivity index (χ1n) is 5.83. The monoisotopic (exact) mass is 258 g/mol. The molecule has 0 bridgehead atoms. The maximum atomic E-state index is 11.4. The molecule has 2 aromatic rings. The van der Waals surface area contributed by atoms with Crippen LogP contribution in [0.15, 0.2) is 30.3 Å². The molecule has 1 amide bonds. The minimum absolute atomic E-state index is 0.145. The van der Waals surface area contributed by atoms with Crippen molar-refractivity contribution in [2.75, 3.05) is 12.4 Å². The van der Waals surface area contributed by atoms with Gasteiger partial charge in [-0.2, -0.15) is 0 Å². The maximum Gasteiger partial charge on any atom is 0.310 e. The average molecular weight is 258 g/mol. The third-order valence-corrected chi connectivity index (χ3v) is 2.67. The van der Waals surface area contributed by atoms with Crippen molar-refractivity contribution in [3.8, 4) is 0 Å². The summed E-state index contributed by atoms with van der Waals surface area (Å²) in [4.78, 5) is 26.8.